The maximum absolute atomic E-state index is 12.7. The molecule has 0 atom stereocenters. The maximum Gasteiger partial charge on any atom is 0.349 e. The molecule has 11 heteroatoms. The van der Waals surface area contributed by atoms with Gasteiger partial charge in [0.25, 0.3) is 5.56 Å². The Labute approximate surface area is 164 Å². The quantitative estimate of drug-likeness (QED) is 0.634. The molecule has 3 aromatic heterocycles. The number of carbonyl (C=O) groups excluding carboxylic acids is 1. The lowest BCUT2D eigenvalue weighted by molar-refractivity contribution is 0.0467. The highest BCUT2D eigenvalue weighted by atomic mass is 32.1. The number of nitrogens with two attached hydrogens (primary N) is 1. The molecule has 0 saturated heterocycles. The predicted octanol–water partition coefficient (Wildman–Crippen LogP) is 0.903. The summed E-state index contributed by atoms with van der Waals surface area (Å²) in [7, 11) is 3.54. The summed E-state index contributed by atoms with van der Waals surface area (Å²) in [4.78, 5) is 44.7. The van der Waals surface area contributed by atoms with Crippen molar-refractivity contribution in [2.24, 2.45) is 0 Å². The third-order valence-corrected chi connectivity index (χ3v) is 5.68. The number of aryl methyl sites for hydroxylation is 2. The Hall–Kier alpha value is -3.08. The van der Waals surface area contributed by atoms with Crippen LogP contribution >= 0.6 is 11.3 Å². The van der Waals surface area contributed by atoms with E-state index in [1.807, 2.05) is 0 Å². The van der Waals surface area contributed by atoms with Gasteiger partial charge in [-0.15, -0.1) is 11.3 Å². The first-order valence-electron chi connectivity index (χ1n) is 8.73. The minimum absolute atomic E-state index is 0.0505. The number of nitrogen functional groups attached to an aromatic ring is 1. The fourth-order valence-electron chi connectivity index (χ4n) is 3.16. The van der Waals surface area contributed by atoms with Crippen LogP contribution in [0.1, 0.15) is 33.3 Å². The third-order valence-electron chi connectivity index (χ3n) is 4.52. The molecule has 0 aliphatic carbocycles. The lowest BCUT2D eigenvalue weighted by Gasteiger charge is -2.11. The van der Waals surface area contributed by atoms with Gasteiger partial charge in [0, 0.05) is 27.1 Å². The van der Waals surface area contributed by atoms with E-state index in [0.29, 0.717) is 33.2 Å². The zero-order chi connectivity index (χ0) is 20.0. The van der Waals surface area contributed by atoms with Crippen molar-refractivity contribution in [2.75, 3.05) is 24.7 Å². The summed E-state index contributed by atoms with van der Waals surface area (Å²) in [6.45, 7) is 2.26. The number of rotatable bonds is 4. The molecule has 4 heterocycles. The number of esters is 1. The minimum atomic E-state index is -0.546. The van der Waals surface area contributed by atoms with Gasteiger partial charge in [-0.1, -0.05) is 0 Å². The molecule has 0 fully saturated rings. The minimum Gasteiger partial charge on any atom is -0.453 e. The van der Waals surface area contributed by atoms with Crippen LogP contribution < -0.4 is 16.2 Å². The van der Waals surface area contributed by atoms with Gasteiger partial charge in [0.15, 0.2) is 12.4 Å². The molecule has 3 aromatic rings. The second kappa shape index (κ2) is 6.82. The van der Waals surface area contributed by atoms with Gasteiger partial charge in [-0.3, -0.25) is 9.36 Å². The van der Waals surface area contributed by atoms with Crippen LogP contribution in [0.15, 0.2) is 4.79 Å². The Kier molecular flexibility index (Phi) is 4.46. The molecular formula is C17H19N7O3S. The van der Waals surface area contributed by atoms with Gasteiger partial charge in [-0.25, -0.2) is 9.78 Å². The molecular weight excluding hydrogens is 382 g/mol. The maximum atomic E-state index is 12.7. The van der Waals surface area contributed by atoms with Crippen LogP contribution in [0.4, 0.5) is 11.9 Å². The normalized spacial score (nSPS) is 13.0. The van der Waals surface area contributed by atoms with Crippen molar-refractivity contribution in [3.05, 3.63) is 32.4 Å². The number of anilines is 2. The van der Waals surface area contributed by atoms with Crippen molar-refractivity contribution >= 4 is 39.4 Å². The standard InChI is InChI=1S/C17H19N7O3S/c1-8-11-13(21-10-5-4-6-24(10)14(11)25)28-12(8)15(26)27-7-9-19-16(18)22-17(20-9)23(2)3/h4-7H2,1-3H3,(H2,18,19,20,22). The highest BCUT2D eigenvalue weighted by Gasteiger charge is 2.24. The van der Waals surface area contributed by atoms with Gasteiger partial charge in [-0.2, -0.15) is 15.0 Å². The monoisotopic (exact) mass is 401 g/mol. The molecule has 0 radical (unpaired) electrons. The Balaban J connectivity index is 1.61. The molecule has 0 bridgehead atoms. The second-order valence-electron chi connectivity index (χ2n) is 6.71. The van der Waals surface area contributed by atoms with Gasteiger partial charge in [0.05, 0.1) is 5.39 Å². The summed E-state index contributed by atoms with van der Waals surface area (Å²) >= 11 is 1.17. The van der Waals surface area contributed by atoms with E-state index < -0.39 is 5.97 Å². The predicted molar refractivity (Wildman–Crippen MR) is 105 cm³/mol. The molecule has 2 N–H and O–H groups in total. The summed E-state index contributed by atoms with van der Waals surface area (Å²) in [6, 6.07) is 0. The largest absolute Gasteiger partial charge is 0.453 e. The molecule has 1 aliphatic rings. The van der Waals surface area contributed by atoms with Crippen molar-refractivity contribution < 1.29 is 9.53 Å². The first-order chi connectivity index (χ1) is 13.3. The number of hydrogen-bond donors (Lipinski definition) is 1. The van der Waals surface area contributed by atoms with E-state index >= 15 is 0 Å². The second-order valence-corrected chi connectivity index (χ2v) is 7.70. The highest BCUT2D eigenvalue weighted by molar-refractivity contribution is 7.20. The molecule has 0 spiro atoms. The summed E-state index contributed by atoms with van der Waals surface area (Å²) < 4.78 is 7.05. The molecule has 28 heavy (non-hydrogen) atoms. The van der Waals surface area contributed by atoms with Crippen LogP contribution in [0, 0.1) is 6.92 Å². The van der Waals surface area contributed by atoms with E-state index in [-0.39, 0.29) is 23.9 Å². The molecule has 4 rings (SSSR count). The number of aromatic nitrogens is 5. The van der Waals surface area contributed by atoms with E-state index in [0.717, 1.165) is 18.7 Å². The zero-order valence-corrected chi connectivity index (χ0v) is 16.5. The molecule has 0 amide bonds. The summed E-state index contributed by atoms with van der Waals surface area (Å²) in [5.41, 5.74) is 6.18. The SMILES string of the molecule is Cc1c(C(=O)OCc2nc(N)nc(N(C)C)n2)sc2nc3n(c(=O)c12)CCC3. The van der Waals surface area contributed by atoms with Crippen molar-refractivity contribution in [1.82, 2.24) is 24.5 Å². The fourth-order valence-corrected chi connectivity index (χ4v) is 4.24. The van der Waals surface area contributed by atoms with Crippen LogP contribution in [0.2, 0.25) is 0 Å². The van der Waals surface area contributed by atoms with Crippen LogP contribution in [-0.4, -0.2) is 44.6 Å². The van der Waals surface area contributed by atoms with Crippen LogP contribution in [0.5, 0.6) is 0 Å². The van der Waals surface area contributed by atoms with Crippen molar-refractivity contribution in [2.45, 2.75) is 32.9 Å². The molecule has 0 aromatic carbocycles. The number of ether oxygens (including phenoxy) is 1. The summed E-state index contributed by atoms with van der Waals surface area (Å²) in [6.07, 6.45) is 1.69. The number of nitrogens with zero attached hydrogens (tertiary/aromatic N) is 6. The van der Waals surface area contributed by atoms with Crippen LogP contribution in [0.3, 0.4) is 0 Å². The Morgan fingerprint density at radius 3 is 2.82 bits per heavy atom. The lowest BCUT2D eigenvalue weighted by Crippen LogP contribution is -2.20. The van der Waals surface area contributed by atoms with Crippen molar-refractivity contribution in [3.63, 3.8) is 0 Å². The summed E-state index contributed by atoms with van der Waals surface area (Å²) in [5.74, 6) is 0.907. The highest BCUT2D eigenvalue weighted by Crippen LogP contribution is 2.29. The number of carbonyl (C=O) groups is 1. The number of hydrogen-bond acceptors (Lipinski definition) is 10. The van der Waals surface area contributed by atoms with E-state index in [9.17, 15) is 9.59 Å². The van der Waals surface area contributed by atoms with Gasteiger partial charge >= 0.3 is 5.97 Å². The molecule has 1 aliphatic heterocycles. The van der Waals surface area contributed by atoms with E-state index in [1.54, 1.807) is 30.5 Å². The number of thiophene rings is 1. The average molecular weight is 401 g/mol. The molecule has 0 saturated carbocycles. The Bertz CT molecular complexity index is 1150. The topological polar surface area (TPSA) is 129 Å². The van der Waals surface area contributed by atoms with Gasteiger partial charge in [-0.05, 0) is 18.9 Å². The Morgan fingerprint density at radius 1 is 1.29 bits per heavy atom. The summed E-state index contributed by atoms with van der Waals surface area (Å²) in [5, 5.41) is 0.488. The fraction of sp³-hybridized carbons (Fsp3) is 0.412. The molecule has 0 unspecified atom stereocenters. The van der Waals surface area contributed by atoms with Crippen LogP contribution in [-0.2, 0) is 24.3 Å². The Morgan fingerprint density at radius 2 is 2.07 bits per heavy atom. The lowest BCUT2D eigenvalue weighted by atomic mass is 10.2. The average Bonchev–Trinajstić information content (AvgIpc) is 3.24. The number of fused-ring (bicyclic) bond motifs is 2. The van der Waals surface area contributed by atoms with Gasteiger partial charge < -0.3 is 15.4 Å². The first kappa shape index (κ1) is 18.3. The van der Waals surface area contributed by atoms with E-state index in [1.165, 1.54) is 11.3 Å². The van der Waals surface area contributed by atoms with E-state index in [2.05, 4.69) is 19.9 Å². The molecule has 10 nitrogen and oxygen atoms in total. The van der Waals surface area contributed by atoms with Gasteiger partial charge in [0.2, 0.25) is 11.9 Å². The smallest absolute Gasteiger partial charge is 0.349 e. The van der Waals surface area contributed by atoms with E-state index in [4.69, 9.17) is 10.5 Å². The zero-order valence-electron chi connectivity index (χ0n) is 15.7. The van der Waals surface area contributed by atoms with Gasteiger partial charge in [0.1, 0.15) is 15.5 Å². The van der Waals surface area contributed by atoms with Crippen LogP contribution in [0.25, 0.3) is 10.2 Å². The van der Waals surface area contributed by atoms with Crippen molar-refractivity contribution in [3.8, 4) is 0 Å². The molecule has 146 valence electrons. The third kappa shape index (κ3) is 3.07. The first-order valence-corrected chi connectivity index (χ1v) is 9.54. The van der Waals surface area contributed by atoms with Crippen molar-refractivity contribution in [1.29, 1.82) is 0 Å².